The van der Waals surface area contributed by atoms with Gasteiger partial charge in [-0.2, -0.15) is 0 Å². The topological polar surface area (TPSA) is 39.2 Å². The first-order valence-electron chi connectivity index (χ1n) is 11.8. The fourth-order valence-electron chi connectivity index (χ4n) is 4.05. The van der Waals surface area contributed by atoms with E-state index < -0.39 is 0 Å². The second-order valence-electron chi connectivity index (χ2n) is 8.18. The molecule has 0 saturated carbocycles. The molecule has 1 heterocycles. The number of halogens is 1. The maximum absolute atomic E-state index is 13.0. The molecule has 1 saturated heterocycles. The lowest BCUT2D eigenvalue weighted by molar-refractivity contribution is 0.0755. The van der Waals surface area contributed by atoms with E-state index in [4.69, 9.17) is 16.6 Å². The molecular weight excluding hydrogens is 420 g/mol. The van der Waals surface area contributed by atoms with Crippen molar-refractivity contribution in [3.63, 3.8) is 0 Å². The van der Waals surface area contributed by atoms with E-state index in [0.717, 1.165) is 81.3 Å². The van der Waals surface area contributed by atoms with Crippen LogP contribution in [0, 0.1) is 0 Å². The fraction of sp³-hybridized carbons (Fsp3) is 0.462. The molecule has 0 spiro atoms. The monoisotopic (exact) mass is 454 g/mol. The third-order valence-corrected chi connectivity index (χ3v) is 6.18. The number of aliphatic imine (C=N–C) groups is 1. The summed E-state index contributed by atoms with van der Waals surface area (Å²) in [7, 11) is 0. The lowest BCUT2D eigenvalue weighted by atomic mass is 10.1. The number of amidine groups is 1. The van der Waals surface area contributed by atoms with E-state index in [1.54, 1.807) is 0 Å². The molecule has 6 heteroatoms. The molecule has 1 aliphatic heterocycles. The zero-order chi connectivity index (χ0) is 22.9. The Labute approximate surface area is 197 Å². The van der Waals surface area contributed by atoms with Gasteiger partial charge in [0.25, 0.3) is 5.91 Å². The molecule has 172 valence electrons. The molecule has 1 amide bonds. The molecule has 0 aromatic heterocycles. The van der Waals surface area contributed by atoms with Crippen LogP contribution in [0.4, 0.5) is 5.69 Å². The first-order chi connectivity index (χ1) is 15.6. The number of likely N-dealkylation sites (N-methyl/N-ethyl adjacent to an activating group) is 1. The summed E-state index contributed by atoms with van der Waals surface area (Å²) in [5.41, 5.74) is 2.49. The Bertz CT molecular complexity index is 898. The molecule has 3 rings (SSSR count). The normalized spacial score (nSPS) is 15.1. The maximum atomic E-state index is 13.0. The Morgan fingerprint density at radius 2 is 1.50 bits per heavy atom. The molecule has 2 aromatic carbocycles. The number of nitrogens with zero attached hydrogens (tertiary/aromatic N) is 4. The molecule has 1 aliphatic rings. The van der Waals surface area contributed by atoms with Gasteiger partial charge in [-0.1, -0.05) is 56.6 Å². The predicted molar refractivity (Wildman–Crippen MR) is 134 cm³/mol. The summed E-state index contributed by atoms with van der Waals surface area (Å²) < 4.78 is 0. The zero-order valence-corrected chi connectivity index (χ0v) is 20.3. The van der Waals surface area contributed by atoms with E-state index in [-0.39, 0.29) is 5.91 Å². The van der Waals surface area contributed by atoms with Crippen molar-refractivity contribution in [2.75, 3.05) is 45.8 Å². The van der Waals surface area contributed by atoms with Crippen LogP contribution in [0.25, 0.3) is 0 Å². The Hall–Kier alpha value is -2.37. The molecule has 0 atom stereocenters. The highest BCUT2D eigenvalue weighted by atomic mass is 35.5. The van der Waals surface area contributed by atoms with Crippen LogP contribution in [0.5, 0.6) is 0 Å². The SMILES string of the molecule is CCCN(CCC)C(=O)c1ccc(/C(=N/c2ccccc2Cl)N2CCN(CC)CC2)cc1. The highest BCUT2D eigenvalue weighted by Crippen LogP contribution is 2.26. The van der Waals surface area contributed by atoms with Crippen molar-refractivity contribution in [1.82, 2.24) is 14.7 Å². The number of para-hydroxylation sites is 1. The van der Waals surface area contributed by atoms with Crippen LogP contribution < -0.4 is 0 Å². The van der Waals surface area contributed by atoms with Crippen molar-refractivity contribution in [3.05, 3.63) is 64.7 Å². The van der Waals surface area contributed by atoms with Gasteiger partial charge in [0, 0.05) is 50.4 Å². The molecule has 0 radical (unpaired) electrons. The summed E-state index contributed by atoms with van der Waals surface area (Å²) in [5, 5.41) is 0.638. The lowest BCUT2D eigenvalue weighted by Gasteiger charge is -2.36. The molecule has 1 fully saturated rings. The summed E-state index contributed by atoms with van der Waals surface area (Å²) in [6.45, 7) is 12.9. The van der Waals surface area contributed by atoms with Crippen molar-refractivity contribution >= 4 is 29.0 Å². The van der Waals surface area contributed by atoms with Gasteiger partial charge >= 0.3 is 0 Å². The van der Waals surface area contributed by atoms with Crippen LogP contribution in [-0.4, -0.2) is 72.3 Å². The number of hydrogen-bond donors (Lipinski definition) is 0. The standard InChI is InChI=1S/C26H35ClN4O/c1-4-15-31(16-5-2)26(32)22-13-11-21(12-14-22)25(28-24-10-8-7-9-23(24)27)30-19-17-29(6-3)18-20-30/h7-14H,4-6,15-20H2,1-3H3/b28-25-. The molecule has 0 N–H and O–H groups in total. The van der Waals surface area contributed by atoms with Gasteiger partial charge in [0.1, 0.15) is 5.84 Å². The van der Waals surface area contributed by atoms with Crippen LogP contribution in [0.3, 0.4) is 0 Å². The molecule has 5 nitrogen and oxygen atoms in total. The van der Waals surface area contributed by atoms with Crippen LogP contribution in [0.2, 0.25) is 5.02 Å². The quantitative estimate of drug-likeness (QED) is 0.400. The minimum absolute atomic E-state index is 0.0985. The largest absolute Gasteiger partial charge is 0.354 e. The van der Waals surface area contributed by atoms with Crippen molar-refractivity contribution in [2.24, 2.45) is 4.99 Å². The molecule has 0 unspecified atom stereocenters. The number of hydrogen-bond acceptors (Lipinski definition) is 3. The number of carbonyl (C=O) groups excluding carboxylic acids is 1. The molecule has 0 bridgehead atoms. The van der Waals surface area contributed by atoms with E-state index in [9.17, 15) is 4.79 Å². The Morgan fingerprint density at radius 1 is 0.906 bits per heavy atom. The highest BCUT2D eigenvalue weighted by Gasteiger charge is 2.21. The van der Waals surface area contributed by atoms with Gasteiger partial charge in [0.15, 0.2) is 0 Å². The lowest BCUT2D eigenvalue weighted by Crippen LogP contribution is -2.48. The predicted octanol–water partition coefficient (Wildman–Crippen LogP) is 5.32. The Kier molecular flexibility index (Phi) is 9.12. The number of carbonyl (C=O) groups is 1. The van der Waals surface area contributed by atoms with E-state index in [1.165, 1.54) is 0 Å². The van der Waals surface area contributed by atoms with Gasteiger partial charge in [0.05, 0.1) is 10.7 Å². The zero-order valence-electron chi connectivity index (χ0n) is 19.6. The highest BCUT2D eigenvalue weighted by molar-refractivity contribution is 6.33. The average Bonchev–Trinajstić information content (AvgIpc) is 2.83. The third-order valence-electron chi connectivity index (χ3n) is 5.86. The van der Waals surface area contributed by atoms with E-state index in [2.05, 4.69) is 30.6 Å². The van der Waals surface area contributed by atoms with E-state index >= 15 is 0 Å². The van der Waals surface area contributed by atoms with E-state index in [1.807, 2.05) is 53.4 Å². The van der Waals surface area contributed by atoms with Crippen molar-refractivity contribution in [3.8, 4) is 0 Å². The molecular formula is C26H35ClN4O. The number of amides is 1. The van der Waals surface area contributed by atoms with Crippen molar-refractivity contribution < 1.29 is 4.79 Å². The van der Waals surface area contributed by atoms with Gasteiger partial charge in [-0.3, -0.25) is 4.79 Å². The first kappa shape index (κ1) is 24.3. The van der Waals surface area contributed by atoms with Gasteiger partial charge in [-0.25, -0.2) is 4.99 Å². The summed E-state index contributed by atoms with van der Waals surface area (Å²) in [6, 6.07) is 15.6. The smallest absolute Gasteiger partial charge is 0.253 e. The van der Waals surface area contributed by atoms with Crippen molar-refractivity contribution in [2.45, 2.75) is 33.6 Å². The van der Waals surface area contributed by atoms with E-state index in [0.29, 0.717) is 5.02 Å². The van der Waals surface area contributed by atoms with Crippen molar-refractivity contribution in [1.29, 1.82) is 0 Å². The Balaban J connectivity index is 1.90. The summed E-state index contributed by atoms with van der Waals surface area (Å²) in [6.07, 6.45) is 1.92. The van der Waals surface area contributed by atoms with Gasteiger partial charge in [0.2, 0.25) is 0 Å². The average molecular weight is 455 g/mol. The molecule has 2 aromatic rings. The molecule has 0 aliphatic carbocycles. The number of rotatable bonds is 8. The minimum Gasteiger partial charge on any atom is -0.354 e. The van der Waals surface area contributed by atoms with Crippen LogP contribution in [0.1, 0.15) is 49.5 Å². The minimum atomic E-state index is 0.0985. The van der Waals surface area contributed by atoms with Crippen LogP contribution >= 0.6 is 11.6 Å². The van der Waals surface area contributed by atoms with Gasteiger partial charge in [-0.05, 0) is 43.7 Å². The second kappa shape index (κ2) is 12.0. The van der Waals surface area contributed by atoms with Crippen LogP contribution in [-0.2, 0) is 0 Å². The summed E-state index contributed by atoms with van der Waals surface area (Å²) >= 11 is 6.42. The first-order valence-corrected chi connectivity index (χ1v) is 12.1. The fourth-order valence-corrected chi connectivity index (χ4v) is 4.23. The van der Waals surface area contributed by atoms with Crippen LogP contribution in [0.15, 0.2) is 53.5 Å². The second-order valence-corrected chi connectivity index (χ2v) is 8.58. The summed E-state index contributed by atoms with van der Waals surface area (Å²) in [5.74, 6) is 1.01. The summed E-state index contributed by atoms with van der Waals surface area (Å²) in [4.78, 5) is 24.7. The molecule has 32 heavy (non-hydrogen) atoms. The number of benzene rings is 2. The Morgan fingerprint density at radius 3 is 2.06 bits per heavy atom. The maximum Gasteiger partial charge on any atom is 0.253 e. The number of piperazine rings is 1. The third kappa shape index (κ3) is 6.11. The van der Waals surface area contributed by atoms with Gasteiger partial charge in [-0.15, -0.1) is 0 Å². The van der Waals surface area contributed by atoms with Gasteiger partial charge < -0.3 is 14.7 Å².